The predicted molar refractivity (Wildman–Crippen MR) is 103 cm³/mol. The first-order valence-corrected chi connectivity index (χ1v) is 8.76. The van der Waals surface area contributed by atoms with Crippen molar-refractivity contribution in [3.8, 4) is 16.9 Å². The third-order valence-electron chi connectivity index (χ3n) is 4.56. The number of fused-ring (bicyclic) bond motifs is 1. The minimum atomic E-state index is 0.968. The fourth-order valence-electron chi connectivity index (χ4n) is 3.30. The predicted octanol–water partition coefficient (Wildman–Crippen LogP) is 5.35. The fourth-order valence-corrected chi connectivity index (χ4v) is 3.30. The maximum atomic E-state index is 4.82. The molecule has 0 unspecified atom stereocenters. The van der Waals surface area contributed by atoms with E-state index in [0.29, 0.717) is 0 Å². The monoisotopic (exact) mass is 327 g/mol. The summed E-state index contributed by atoms with van der Waals surface area (Å²) in [6.07, 6.45) is 6.15. The van der Waals surface area contributed by atoms with Crippen molar-refractivity contribution in [1.82, 2.24) is 14.8 Å². The minimum absolute atomic E-state index is 0.968. The van der Waals surface area contributed by atoms with Crippen molar-refractivity contribution in [3.05, 3.63) is 78.1 Å². The number of rotatable bonds is 4. The number of hydrogen-bond donors (Lipinski definition) is 0. The minimum Gasteiger partial charge on any atom is -0.248 e. The normalized spacial score (nSPS) is 11.1. The quantitative estimate of drug-likeness (QED) is 0.506. The standard InChI is InChI=1S/C22H21N3/c1-3-8-17-9-4-7-12-22(17)25-15-18(14-23-25)21-13-16(2)19-10-5-6-11-20(19)24-21/h4-7,9-15H,3,8H2,1-2H3. The van der Waals surface area contributed by atoms with Crippen LogP contribution in [-0.2, 0) is 6.42 Å². The lowest BCUT2D eigenvalue weighted by Gasteiger charge is -2.08. The van der Waals surface area contributed by atoms with Crippen LogP contribution in [0.2, 0.25) is 0 Å². The largest absolute Gasteiger partial charge is 0.248 e. The Labute approximate surface area is 148 Å². The second kappa shape index (κ2) is 6.52. The van der Waals surface area contributed by atoms with E-state index in [0.717, 1.165) is 35.3 Å². The molecule has 0 N–H and O–H groups in total. The van der Waals surface area contributed by atoms with Crippen LogP contribution in [0.1, 0.15) is 24.5 Å². The third-order valence-corrected chi connectivity index (χ3v) is 4.56. The van der Waals surface area contributed by atoms with Gasteiger partial charge in [-0.2, -0.15) is 5.10 Å². The van der Waals surface area contributed by atoms with Crippen molar-refractivity contribution in [2.75, 3.05) is 0 Å². The molecular formula is C22H21N3. The van der Waals surface area contributed by atoms with Crippen LogP contribution in [0.25, 0.3) is 27.8 Å². The summed E-state index contributed by atoms with van der Waals surface area (Å²) in [5.74, 6) is 0. The van der Waals surface area contributed by atoms with Crippen LogP contribution in [0.4, 0.5) is 0 Å². The van der Waals surface area contributed by atoms with Gasteiger partial charge in [0.15, 0.2) is 0 Å². The molecule has 2 heterocycles. The number of aromatic nitrogens is 3. The molecule has 0 aliphatic heterocycles. The Hall–Kier alpha value is -2.94. The summed E-state index contributed by atoms with van der Waals surface area (Å²) in [5.41, 5.74) is 6.74. The van der Waals surface area contributed by atoms with Crippen LogP contribution in [0.5, 0.6) is 0 Å². The zero-order valence-electron chi connectivity index (χ0n) is 14.6. The van der Waals surface area contributed by atoms with Gasteiger partial charge in [0.05, 0.1) is 23.1 Å². The Morgan fingerprint density at radius 3 is 2.68 bits per heavy atom. The van der Waals surface area contributed by atoms with Crippen molar-refractivity contribution in [1.29, 1.82) is 0 Å². The Balaban J connectivity index is 1.77. The van der Waals surface area contributed by atoms with Gasteiger partial charge in [-0.1, -0.05) is 49.7 Å². The first kappa shape index (κ1) is 15.6. The average molecular weight is 327 g/mol. The van der Waals surface area contributed by atoms with Crippen LogP contribution in [0.3, 0.4) is 0 Å². The molecule has 0 fully saturated rings. The van der Waals surface area contributed by atoms with Gasteiger partial charge in [-0.3, -0.25) is 0 Å². The molecule has 0 bridgehead atoms. The fraction of sp³-hybridized carbons (Fsp3) is 0.182. The molecule has 3 nitrogen and oxygen atoms in total. The number of hydrogen-bond acceptors (Lipinski definition) is 2. The van der Waals surface area contributed by atoms with E-state index in [9.17, 15) is 0 Å². The summed E-state index contributed by atoms with van der Waals surface area (Å²) in [6.45, 7) is 4.33. The third kappa shape index (κ3) is 2.93. The van der Waals surface area contributed by atoms with Crippen LogP contribution in [-0.4, -0.2) is 14.8 Å². The molecule has 0 saturated carbocycles. The van der Waals surface area contributed by atoms with Gasteiger partial charge in [-0.15, -0.1) is 0 Å². The van der Waals surface area contributed by atoms with E-state index in [1.54, 1.807) is 0 Å². The number of aryl methyl sites for hydroxylation is 2. The number of pyridine rings is 1. The van der Waals surface area contributed by atoms with E-state index >= 15 is 0 Å². The van der Waals surface area contributed by atoms with E-state index in [2.05, 4.69) is 73.7 Å². The molecule has 2 aromatic heterocycles. The zero-order valence-corrected chi connectivity index (χ0v) is 14.6. The number of para-hydroxylation sites is 2. The van der Waals surface area contributed by atoms with Crippen molar-refractivity contribution < 1.29 is 0 Å². The molecule has 124 valence electrons. The molecule has 0 atom stereocenters. The second-order valence-electron chi connectivity index (χ2n) is 6.39. The molecule has 2 aromatic carbocycles. The summed E-state index contributed by atoms with van der Waals surface area (Å²) < 4.78 is 1.96. The Morgan fingerprint density at radius 1 is 1.00 bits per heavy atom. The van der Waals surface area contributed by atoms with Gasteiger partial charge >= 0.3 is 0 Å². The maximum Gasteiger partial charge on any atom is 0.0744 e. The summed E-state index contributed by atoms with van der Waals surface area (Å²) in [7, 11) is 0. The smallest absolute Gasteiger partial charge is 0.0744 e. The van der Waals surface area contributed by atoms with E-state index in [1.807, 2.05) is 16.9 Å². The molecule has 3 heteroatoms. The summed E-state index contributed by atoms with van der Waals surface area (Å²) >= 11 is 0. The molecule has 25 heavy (non-hydrogen) atoms. The first-order chi connectivity index (χ1) is 12.3. The summed E-state index contributed by atoms with van der Waals surface area (Å²) in [4.78, 5) is 4.82. The molecule has 0 radical (unpaired) electrons. The van der Waals surface area contributed by atoms with Crippen LogP contribution >= 0.6 is 0 Å². The van der Waals surface area contributed by atoms with Crippen molar-refractivity contribution in [2.45, 2.75) is 26.7 Å². The molecule has 0 spiro atoms. The summed E-state index contributed by atoms with van der Waals surface area (Å²) in [6, 6.07) is 18.9. The lowest BCUT2D eigenvalue weighted by molar-refractivity contribution is 0.839. The number of benzene rings is 2. The van der Waals surface area contributed by atoms with E-state index in [1.165, 1.54) is 16.5 Å². The molecular weight excluding hydrogens is 306 g/mol. The summed E-state index contributed by atoms with van der Waals surface area (Å²) in [5, 5.41) is 5.79. The van der Waals surface area contributed by atoms with Gasteiger partial charge in [0, 0.05) is 17.1 Å². The molecule has 0 amide bonds. The Morgan fingerprint density at radius 2 is 1.80 bits per heavy atom. The second-order valence-corrected chi connectivity index (χ2v) is 6.39. The number of nitrogens with zero attached hydrogens (tertiary/aromatic N) is 3. The maximum absolute atomic E-state index is 4.82. The molecule has 4 rings (SSSR count). The zero-order chi connectivity index (χ0) is 17.2. The highest BCUT2D eigenvalue weighted by atomic mass is 15.3. The van der Waals surface area contributed by atoms with Crippen LogP contribution < -0.4 is 0 Å². The van der Waals surface area contributed by atoms with Crippen LogP contribution in [0.15, 0.2) is 67.0 Å². The van der Waals surface area contributed by atoms with E-state index in [-0.39, 0.29) is 0 Å². The SMILES string of the molecule is CCCc1ccccc1-n1cc(-c2cc(C)c3ccccc3n2)cn1. The Bertz CT molecular complexity index is 1030. The van der Waals surface area contributed by atoms with Gasteiger partial charge in [-0.25, -0.2) is 9.67 Å². The molecule has 0 saturated heterocycles. The molecule has 0 aliphatic carbocycles. The highest BCUT2D eigenvalue weighted by Crippen LogP contribution is 2.25. The van der Waals surface area contributed by atoms with Crippen LogP contribution in [0, 0.1) is 6.92 Å². The van der Waals surface area contributed by atoms with E-state index < -0.39 is 0 Å². The van der Waals surface area contributed by atoms with E-state index in [4.69, 9.17) is 4.98 Å². The highest BCUT2D eigenvalue weighted by Gasteiger charge is 2.09. The van der Waals surface area contributed by atoms with Gasteiger partial charge in [0.1, 0.15) is 0 Å². The first-order valence-electron chi connectivity index (χ1n) is 8.76. The lowest BCUT2D eigenvalue weighted by atomic mass is 10.1. The van der Waals surface area contributed by atoms with Gasteiger partial charge in [0.2, 0.25) is 0 Å². The average Bonchev–Trinajstić information content (AvgIpc) is 3.12. The van der Waals surface area contributed by atoms with Gasteiger partial charge in [-0.05, 0) is 42.7 Å². The lowest BCUT2D eigenvalue weighted by Crippen LogP contribution is -1.99. The van der Waals surface area contributed by atoms with Gasteiger partial charge in [0.25, 0.3) is 0 Å². The van der Waals surface area contributed by atoms with Crippen molar-refractivity contribution in [2.24, 2.45) is 0 Å². The van der Waals surface area contributed by atoms with Gasteiger partial charge < -0.3 is 0 Å². The van der Waals surface area contributed by atoms with Crippen molar-refractivity contribution in [3.63, 3.8) is 0 Å². The highest BCUT2D eigenvalue weighted by molar-refractivity contribution is 5.84. The Kier molecular flexibility index (Phi) is 4.06. The topological polar surface area (TPSA) is 30.7 Å². The van der Waals surface area contributed by atoms with Crippen molar-refractivity contribution >= 4 is 10.9 Å². The molecule has 0 aliphatic rings. The molecule has 4 aromatic rings.